The zero-order valence-corrected chi connectivity index (χ0v) is 16.7. The predicted octanol–water partition coefficient (Wildman–Crippen LogP) is 1.80. The van der Waals surface area contributed by atoms with Gasteiger partial charge in [0, 0.05) is 50.6 Å². The molecule has 27 heavy (non-hydrogen) atoms. The Balaban J connectivity index is 2.01. The quantitative estimate of drug-likeness (QED) is 0.583. The number of nitrogens with zero attached hydrogens (tertiary/aromatic N) is 3. The Morgan fingerprint density at radius 1 is 1.07 bits per heavy atom. The van der Waals surface area contributed by atoms with Crippen LogP contribution in [0.4, 0.5) is 11.4 Å². The molecule has 1 aliphatic heterocycles. The number of hydrogen-bond donors (Lipinski definition) is 1. The summed E-state index contributed by atoms with van der Waals surface area (Å²) in [4.78, 5) is 41.9. The highest BCUT2D eigenvalue weighted by Crippen LogP contribution is 2.24. The lowest BCUT2D eigenvalue weighted by atomic mass is 9.89. The summed E-state index contributed by atoms with van der Waals surface area (Å²) < 4.78 is 0. The van der Waals surface area contributed by atoms with E-state index < -0.39 is 5.41 Å². The van der Waals surface area contributed by atoms with Crippen LogP contribution in [-0.2, 0) is 14.4 Å². The van der Waals surface area contributed by atoms with Crippen LogP contribution in [0.25, 0.3) is 0 Å². The Labute approximate surface area is 161 Å². The summed E-state index contributed by atoms with van der Waals surface area (Å²) in [7, 11) is 0. The van der Waals surface area contributed by atoms with Gasteiger partial charge >= 0.3 is 0 Å². The van der Waals surface area contributed by atoms with E-state index in [1.54, 1.807) is 23.6 Å². The van der Waals surface area contributed by atoms with E-state index in [1.807, 2.05) is 24.3 Å². The first-order valence-corrected chi connectivity index (χ1v) is 9.48. The van der Waals surface area contributed by atoms with Gasteiger partial charge in [0.05, 0.1) is 0 Å². The normalized spacial score (nSPS) is 14.7. The molecule has 1 aromatic carbocycles. The number of carbonyl (C=O) groups is 3. The largest absolute Gasteiger partial charge is 0.372 e. The molecule has 0 bridgehead atoms. The third kappa shape index (κ3) is 4.78. The van der Waals surface area contributed by atoms with Gasteiger partial charge in [-0.05, 0) is 52.0 Å². The Kier molecular flexibility index (Phi) is 6.82. The van der Waals surface area contributed by atoms with Crippen molar-refractivity contribution in [2.75, 3.05) is 49.5 Å². The molecule has 7 heteroatoms. The minimum absolute atomic E-state index is 0.217. The van der Waals surface area contributed by atoms with Gasteiger partial charge in [0.25, 0.3) is 0 Å². The smallest absolute Gasteiger partial charge is 0.239 e. The van der Waals surface area contributed by atoms with Crippen LogP contribution in [0.5, 0.6) is 0 Å². The van der Waals surface area contributed by atoms with Gasteiger partial charge in [-0.25, -0.2) is 0 Å². The van der Waals surface area contributed by atoms with Crippen LogP contribution in [0.1, 0.15) is 27.7 Å². The van der Waals surface area contributed by atoms with E-state index in [1.165, 1.54) is 0 Å². The zero-order valence-electron chi connectivity index (χ0n) is 16.7. The molecule has 7 nitrogen and oxygen atoms in total. The summed E-state index contributed by atoms with van der Waals surface area (Å²) in [5, 5.41) is 2.85. The second-order valence-corrected chi connectivity index (χ2v) is 7.23. The summed E-state index contributed by atoms with van der Waals surface area (Å²) in [5.74, 6) is -0.550. The monoisotopic (exact) mass is 374 g/mol. The fourth-order valence-electron chi connectivity index (χ4n) is 3.15. The Morgan fingerprint density at radius 2 is 1.63 bits per heavy atom. The SMILES string of the molecule is CCN(CC)c1ccc(NC(=O)C(C)(C)C(=O)N2CCN(C=O)CC2)cc1. The molecule has 0 radical (unpaired) electrons. The number of hydrogen-bond acceptors (Lipinski definition) is 4. The number of rotatable bonds is 7. The van der Waals surface area contributed by atoms with E-state index >= 15 is 0 Å². The highest BCUT2D eigenvalue weighted by molar-refractivity contribution is 6.09. The molecule has 1 aliphatic rings. The van der Waals surface area contributed by atoms with Crippen molar-refractivity contribution in [1.82, 2.24) is 9.80 Å². The van der Waals surface area contributed by atoms with Crippen LogP contribution >= 0.6 is 0 Å². The molecule has 0 aliphatic carbocycles. The van der Waals surface area contributed by atoms with Gasteiger partial charge in [0.2, 0.25) is 18.2 Å². The molecule has 1 fully saturated rings. The lowest BCUT2D eigenvalue weighted by Crippen LogP contribution is -2.54. The first kappa shape index (κ1) is 20.7. The number of nitrogens with one attached hydrogen (secondary N) is 1. The molecule has 0 saturated carbocycles. The summed E-state index contributed by atoms with van der Waals surface area (Å²) in [6, 6.07) is 7.65. The number of benzene rings is 1. The van der Waals surface area contributed by atoms with Crippen molar-refractivity contribution in [3.63, 3.8) is 0 Å². The molecule has 1 N–H and O–H groups in total. The second-order valence-electron chi connectivity index (χ2n) is 7.23. The topological polar surface area (TPSA) is 73.0 Å². The van der Waals surface area contributed by atoms with Crippen molar-refractivity contribution in [3.8, 4) is 0 Å². The standard InChI is InChI=1S/C20H30N4O3/c1-5-23(6-2)17-9-7-16(8-10-17)21-18(26)20(3,4)19(27)24-13-11-22(15-25)12-14-24/h7-10,15H,5-6,11-14H2,1-4H3,(H,21,26). The van der Waals surface area contributed by atoms with E-state index in [0.29, 0.717) is 31.9 Å². The third-order valence-corrected chi connectivity index (χ3v) is 5.11. The average molecular weight is 374 g/mol. The van der Waals surface area contributed by atoms with E-state index in [0.717, 1.165) is 25.2 Å². The zero-order chi connectivity index (χ0) is 20.0. The molecule has 0 unspecified atom stereocenters. The van der Waals surface area contributed by atoms with Gasteiger partial charge < -0.3 is 20.0 Å². The molecule has 0 spiro atoms. The third-order valence-electron chi connectivity index (χ3n) is 5.11. The first-order chi connectivity index (χ1) is 12.8. The van der Waals surface area contributed by atoms with Gasteiger partial charge in [-0.2, -0.15) is 0 Å². The molecule has 148 valence electrons. The van der Waals surface area contributed by atoms with Crippen molar-refractivity contribution in [3.05, 3.63) is 24.3 Å². The number of amides is 3. The molecule has 3 amide bonds. The number of carbonyl (C=O) groups excluding carboxylic acids is 3. The highest BCUT2D eigenvalue weighted by Gasteiger charge is 2.40. The van der Waals surface area contributed by atoms with Crippen LogP contribution < -0.4 is 10.2 Å². The van der Waals surface area contributed by atoms with Gasteiger partial charge in [0.15, 0.2) is 0 Å². The fourth-order valence-corrected chi connectivity index (χ4v) is 3.15. The number of anilines is 2. The van der Waals surface area contributed by atoms with E-state index in [9.17, 15) is 14.4 Å². The molecule has 1 heterocycles. The highest BCUT2D eigenvalue weighted by atomic mass is 16.2. The van der Waals surface area contributed by atoms with Crippen LogP contribution in [0, 0.1) is 5.41 Å². The van der Waals surface area contributed by atoms with Gasteiger partial charge in [0.1, 0.15) is 5.41 Å². The summed E-state index contributed by atoms with van der Waals surface area (Å²) in [6.45, 7) is 11.2. The Morgan fingerprint density at radius 3 is 2.11 bits per heavy atom. The van der Waals surface area contributed by atoms with Crippen LogP contribution in [0.2, 0.25) is 0 Å². The maximum Gasteiger partial charge on any atom is 0.239 e. The molecule has 1 aromatic rings. The predicted molar refractivity (Wildman–Crippen MR) is 107 cm³/mol. The summed E-state index contributed by atoms with van der Waals surface area (Å²) in [6.07, 6.45) is 0.793. The molecule has 0 aromatic heterocycles. The van der Waals surface area contributed by atoms with Gasteiger partial charge in [-0.3, -0.25) is 14.4 Å². The Bertz CT molecular complexity index is 660. The second kappa shape index (κ2) is 8.88. The first-order valence-electron chi connectivity index (χ1n) is 9.48. The molecule has 2 rings (SSSR count). The summed E-state index contributed by atoms with van der Waals surface area (Å²) in [5.41, 5.74) is 0.588. The van der Waals surface area contributed by atoms with Gasteiger partial charge in [-0.1, -0.05) is 0 Å². The van der Waals surface area contributed by atoms with Crippen molar-refractivity contribution >= 4 is 29.6 Å². The Hall–Kier alpha value is -2.57. The molecule has 1 saturated heterocycles. The lowest BCUT2D eigenvalue weighted by Gasteiger charge is -2.36. The average Bonchev–Trinajstić information content (AvgIpc) is 2.69. The minimum Gasteiger partial charge on any atom is -0.372 e. The van der Waals surface area contributed by atoms with Crippen LogP contribution in [-0.4, -0.2) is 67.3 Å². The van der Waals surface area contributed by atoms with Crippen LogP contribution in [0.3, 0.4) is 0 Å². The number of piperazine rings is 1. The maximum atomic E-state index is 12.8. The van der Waals surface area contributed by atoms with Crippen molar-refractivity contribution in [2.45, 2.75) is 27.7 Å². The fraction of sp³-hybridized carbons (Fsp3) is 0.550. The maximum absolute atomic E-state index is 12.8. The molecular formula is C20H30N4O3. The van der Waals surface area contributed by atoms with Crippen molar-refractivity contribution < 1.29 is 14.4 Å². The summed E-state index contributed by atoms with van der Waals surface area (Å²) >= 11 is 0. The van der Waals surface area contributed by atoms with Crippen molar-refractivity contribution in [2.24, 2.45) is 5.41 Å². The van der Waals surface area contributed by atoms with Gasteiger partial charge in [-0.15, -0.1) is 0 Å². The minimum atomic E-state index is -1.18. The lowest BCUT2D eigenvalue weighted by molar-refractivity contribution is -0.148. The molecular weight excluding hydrogens is 344 g/mol. The van der Waals surface area contributed by atoms with E-state index in [4.69, 9.17) is 0 Å². The molecule has 0 atom stereocenters. The van der Waals surface area contributed by atoms with Crippen molar-refractivity contribution in [1.29, 1.82) is 0 Å². The van der Waals surface area contributed by atoms with E-state index in [-0.39, 0.29) is 11.8 Å². The van der Waals surface area contributed by atoms with Crippen LogP contribution in [0.15, 0.2) is 24.3 Å². The van der Waals surface area contributed by atoms with E-state index in [2.05, 4.69) is 24.1 Å².